The van der Waals surface area contributed by atoms with E-state index in [9.17, 15) is 17.6 Å². The third-order valence-electron chi connectivity index (χ3n) is 2.69. The average Bonchev–Trinajstić information content (AvgIpc) is 2.31. The minimum Gasteiger partial charge on any atom is -0.370 e. The van der Waals surface area contributed by atoms with Gasteiger partial charge in [-0.05, 0) is 13.3 Å². The van der Waals surface area contributed by atoms with E-state index in [-0.39, 0.29) is 0 Å². The van der Waals surface area contributed by atoms with E-state index in [1.165, 1.54) is 11.9 Å². The third-order valence-corrected chi connectivity index (χ3v) is 2.69. The number of halogens is 4. The zero-order valence-electron chi connectivity index (χ0n) is 10.1. The Morgan fingerprint density at radius 1 is 0.941 bits per heavy atom. The van der Waals surface area contributed by atoms with Crippen molar-refractivity contribution in [2.45, 2.75) is 26.7 Å². The van der Waals surface area contributed by atoms with Crippen molar-refractivity contribution in [2.75, 3.05) is 18.5 Å². The van der Waals surface area contributed by atoms with Gasteiger partial charge in [0.1, 0.15) is 5.69 Å². The van der Waals surface area contributed by atoms with Crippen molar-refractivity contribution in [1.82, 2.24) is 0 Å². The molecule has 1 nitrogen and oxygen atoms in total. The summed E-state index contributed by atoms with van der Waals surface area (Å²) in [6, 6.07) is 0. The normalized spacial score (nSPS) is 10.8. The zero-order chi connectivity index (χ0) is 13.2. The Kier molecular flexibility index (Phi) is 4.37. The number of hydrogen-bond acceptors (Lipinski definition) is 1. The van der Waals surface area contributed by atoms with Crippen LogP contribution in [0, 0.1) is 30.2 Å². The fourth-order valence-electron chi connectivity index (χ4n) is 1.58. The Balaban J connectivity index is 3.24. The number of anilines is 1. The van der Waals surface area contributed by atoms with Crippen molar-refractivity contribution in [3.05, 3.63) is 28.8 Å². The van der Waals surface area contributed by atoms with Gasteiger partial charge in [-0.1, -0.05) is 13.3 Å². The van der Waals surface area contributed by atoms with E-state index >= 15 is 0 Å². The minimum atomic E-state index is -1.62. The summed E-state index contributed by atoms with van der Waals surface area (Å²) in [5.74, 6) is -5.60. The molecule has 0 aliphatic carbocycles. The summed E-state index contributed by atoms with van der Waals surface area (Å²) >= 11 is 0. The molecule has 0 saturated carbocycles. The number of nitrogens with zero attached hydrogens (tertiary/aromatic N) is 1. The lowest BCUT2D eigenvalue weighted by Crippen LogP contribution is -2.22. The van der Waals surface area contributed by atoms with Crippen molar-refractivity contribution in [2.24, 2.45) is 0 Å². The second-order valence-electron chi connectivity index (χ2n) is 4.00. The molecule has 0 heterocycles. The molecule has 0 fully saturated rings. The molecule has 1 aromatic carbocycles. The molecule has 0 aliphatic heterocycles. The first-order valence-corrected chi connectivity index (χ1v) is 5.45. The summed E-state index contributed by atoms with van der Waals surface area (Å²) in [4.78, 5) is 1.27. The predicted molar refractivity (Wildman–Crippen MR) is 59.2 cm³/mol. The summed E-state index contributed by atoms with van der Waals surface area (Å²) in [6.45, 7) is 3.40. The highest BCUT2D eigenvalue weighted by Crippen LogP contribution is 2.30. The molecule has 0 amide bonds. The van der Waals surface area contributed by atoms with Crippen molar-refractivity contribution < 1.29 is 17.6 Å². The van der Waals surface area contributed by atoms with Gasteiger partial charge in [0.25, 0.3) is 0 Å². The molecule has 0 spiro atoms. The molecule has 0 aliphatic rings. The monoisotopic (exact) mass is 249 g/mol. The van der Waals surface area contributed by atoms with Crippen LogP contribution in [0.4, 0.5) is 23.2 Å². The van der Waals surface area contributed by atoms with Crippen LogP contribution in [-0.2, 0) is 0 Å². The molecular formula is C12H15F4N. The highest BCUT2D eigenvalue weighted by molar-refractivity contribution is 5.51. The smallest absolute Gasteiger partial charge is 0.197 e. The van der Waals surface area contributed by atoms with Crippen molar-refractivity contribution in [3.63, 3.8) is 0 Å². The van der Waals surface area contributed by atoms with Gasteiger partial charge in [0.2, 0.25) is 0 Å². The van der Waals surface area contributed by atoms with E-state index in [1.807, 2.05) is 6.92 Å². The van der Waals surface area contributed by atoms with Gasteiger partial charge in [-0.3, -0.25) is 0 Å². The molecule has 0 aromatic heterocycles. The van der Waals surface area contributed by atoms with E-state index < -0.39 is 34.5 Å². The van der Waals surface area contributed by atoms with Crippen LogP contribution in [0.3, 0.4) is 0 Å². The van der Waals surface area contributed by atoms with Gasteiger partial charge in [-0.25, -0.2) is 17.6 Å². The quantitative estimate of drug-likeness (QED) is 0.446. The second-order valence-corrected chi connectivity index (χ2v) is 4.00. The van der Waals surface area contributed by atoms with Crippen LogP contribution in [0.5, 0.6) is 0 Å². The van der Waals surface area contributed by atoms with Crippen LogP contribution in [0.15, 0.2) is 0 Å². The van der Waals surface area contributed by atoms with Crippen LogP contribution in [-0.4, -0.2) is 13.6 Å². The molecule has 17 heavy (non-hydrogen) atoms. The minimum absolute atomic E-state index is 0.384. The largest absolute Gasteiger partial charge is 0.370 e. The van der Waals surface area contributed by atoms with Crippen LogP contribution in [0.25, 0.3) is 0 Å². The Bertz CT molecular complexity index is 388. The maximum atomic E-state index is 13.7. The lowest BCUT2D eigenvalue weighted by Gasteiger charge is -2.21. The molecule has 1 rings (SSSR count). The molecule has 0 saturated heterocycles. The fraction of sp³-hybridized carbons (Fsp3) is 0.500. The van der Waals surface area contributed by atoms with Gasteiger partial charge in [0.15, 0.2) is 23.3 Å². The van der Waals surface area contributed by atoms with Gasteiger partial charge in [0.05, 0.1) is 0 Å². The zero-order valence-corrected chi connectivity index (χ0v) is 10.1. The van der Waals surface area contributed by atoms with Gasteiger partial charge in [-0.15, -0.1) is 0 Å². The molecule has 0 bridgehead atoms. The highest BCUT2D eigenvalue weighted by Gasteiger charge is 2.24. The number of rotatable bonds is 4. The Morgan fingerprint density at radius 3 is 2.06 bits per heavy atom. The van der Waals surface area contributed by atoms with E-state index in [0.29, 0.717) is 13.0 Å². The average molecular weight is 249 g/mol. The first-order chi connectivity index (χ1) is 7.91. The SMILES string of the molecule is CCCCN(C)c1c(F)c(C)c(F)c(F)c1F. The highest BCUT2D eigenvalue weighted by atomic mass is 19.2. The van der Waals surface area contributed by atoms with Crippen molar-refractivity contribution >= 4 is 5.69 Å². The summed E-state index contributed by atoms with van der Waals surface area (Å²) in [5, 5.41) is 0. The molecule has 5 heteroatoms. The van der Waals surface area contributed by atoms with E-state index in [1.54, 1.807) is 0 Å². The molecule has 1 aromatic rings. The number of benzene rings is 1. The molecule has 0 N–H and O–H groups in total. The Labute approximate surface area is 98.0 Å². The number of unbranched alkanes of at least 4 members (excludes halogenated alkanes) is 1. The summed E-state index contributed by atoms with van der Waals surface area (Å²) in [5.41, 5.74) is -1.00. The standard InChI is InChI=1S/C12H15F4N/c1-4-5-6-17(3)12-9(14)7(2)8(13)10(15)11(12)16/h4-6H2,1-3H3. The lowest BCUT2D eigenvalue weighted by atomic mass is 10.1. The Hall–Kier alpha value is -1.26. The second kappa shape index (κ2) is 5.38. The maximum Gasteiger partial charge on any atom is 0.197 e. The summed E-state index contributed by atoms with van der Waals surface area (Å²) in [7, 11) is 1.45. The first kappa shape index (κ1) is 13.8. The van der Waals surface area contributed by atoms with Crippen molar-refractivity contribution in [3.8, 4) is 0 Å². The fourth-order valence-corrected chi connectivity index (χ4v) is 1.58. The topological polar surface area (TPSA) is 3.24 Å². The van der Waals surface area contributed by atoms with E-state index in [4.69, 9.17) is 0 Å². The maximum absolute atomic E-state index is 13.7. The van der Waals surface area contributed by atoms with Crippen molar-refractivity contribution in [1.29, 1.82) is 0 Å². The summed E-state index contributed by atoms with van der Waals surface area (Å²) in [6.07, 6.45) is 1.56. The van der Waals surface area contributed by atoms with Gasteiger partial charge >= 0.3 is 0 Å². The lowest BCUT2D eigenvalue weighted by molar-refractivity contribution is 0.428. The molecule has 0 unspecified atom stereocenters. The predicted octanol–water partition coefficient (Wildman–Crippen LogP) is 3.79. The molecule has 0 atom stereocenters. The van der Waals surface area contributed by atoms with Crippen LogP contribution < -0.4 is 4.90 Å². The molecular weight excluding hydrogens is 234 g/mol. The summed E-state index contributed by atoms with van der Waals surface area (Å²) < 4.78 is 53.4. The van der Waals surface area contributed by atoms with Crippen LogP contribution in [0.2, 0.25) is 0 Å². The van der Waals surface area contributed by atoms with Crippen LogP contribution >= 0.6 is 0 Å². The van der Waals surface area contributed by atoms with Crippen LogP contribution in [0.1, 0.15) is 25.3 Å². The van der Waals surface area contributed by atoms with Gasteiger partial charge in [0, 0.05) is 19.2 Å². The van der Waals surface area contributed by atoms with Gasteiger partial charge in [-0.2, -0.15) is 0 Å². The van der Waals surface area contributed by atoms with E-state index in [0.717, 1.165) is 13.3 Å². The third kappa shape index (κ3) is 2.53. The Morgan fingerprint density at radius 2 is 1.53 bits per heavy atom. The number of hydrogen-bond donors (Lipinski definition) is 0. The van der Waals surface area contributed by atoms with E-state index in [2.05, 4.69) is 0 Å². The first-order valence-electron chi connectivity index (χ1n) is 5.45. The molecule has 96 valence electrons. The molecule has 0 radical (unpaired) electrons. The van der Waals surface area contributed by atoms with Gasteiger partial charge < -0.3 is 4.90 Å².